The van der Waals surface area contributed by atoms with Crippen molar-refractivity contribution >= 4 is 32.3 Å². The van der Waals surface area contributed by atoms with E-state index in [0.29, 0.717) is 6.42 Å². The molecule has 0 fully saturated rings. The van der Waals surface area contributed by atoms with Crippen molar-refractivity contribution in [3.8, 4) is 11.3 Å². The molecule has 1 aromatic heterocycles. The van der Waals surface area contributed by atoms with E-state index in [1.807, 2.05) is 47.7 Å². The van der Waals surface area contributed by atoms with Crippen LogP contribution in [0.5, 0.6) is 0 Å². The summed E-state index contributed by atoms with van der Waals surface area (Å²) in [4.78, 5) is 4.64. The summed E-state index contributed by atoms with van der Waals surface area (Å²) >= 11 is 0. The second-order valence-electron chi connectivity index (χ2n) is 14.4. The standard InChI is InChI=1S/C27H22N.C11H24O2.Ir/c1-27(2,3)19-14-15-28-26(17-19)18-12-13-24-22-10-5-4-8-20(22)21-9-6-7-11-23(21)25(24)16-18;1-10(2,3)8(12)7-9(13)11(4,5)6;/h4-11,13-17H,1-3H3;8-9,12-13H,7H2,1-6H3;/q-1;;. The van der Waals surface area contributed by atoms with Gasteiger partial charge in [0.1, 0.15) is 0 Å². The zero-order valence-electron chi connectivity index (χ0n) is 26.5. The minimum absolute atomic E-state index is 0. The van der Waals surface area contributed by atoms with Crippen molar-refractivity contribution < 1.29 is 30.3 Å². The number of aliphatic hydroxyl groups is 2. The van der Waals surface area contributed by atoms with E-state index in [0.717, 1.165) is 11.3 Å². The Morgan fingerprint density at radius 3 is 1.55 bits per heavy atom. The molecule has 5 aromatic rings. The van der Waals surface area contributed by atoms with Crippen LogP contribution in [0.2, 0.25) is 0 Å². The maximum atomic E-state index is 9.76. The first-order valence-electron chi connectivity index (χ1n) is 14.7. The van der Waals surface area contributed by atoms with Crippen LogP contribution in [0.25, 0.3) is 43.6 Å². The molecule has 4 aromatic carbocycles. The van der Waals surface area contributed by atoms with E-state index in [1.54, 1.807) is 0 Å². The predicted molar refractivity (Wildman–Crippen MR) is 175 cm³/mol. The number of hydrogen-bond donors (Lipinski definition) is 2. The van der Waals surface area contributed by atoms with E-state index in [9.17, 15) is 10.2 Å². The molecular formula is C38H46IrNO2-. The number of aliphatic hydroxyl groups excluding tert-OH is 2. The SMILES string of the molecule is CC(C)(C)C(O)CC(O)C(C)(C)C.CC(C)(C)c1ccnc(-c2[c-]cc3c4ccccc4c4ccccc4c3c2)c1.[Ir]. The number of benzene rings is 4. The van der Waals surface area contributed by atoms with E-state index in [4.69, 9.17) is 0 Å². The summed E-state index contributed by atoms with van der Waals surface area (Å²) < 4.78 is 0. The van der Waals surface area contributed by atoms with Crippen LogP contribution in [0.1, 0.15) is 74.3 Å². The van der Waals surface area contributed by atoms with Gasteiger partial charge in [-0.05, 0) is 49.7 Å². The second kappa shape index (κ2) is 12.9. The molecule has 3 nitrogen and oxygen atoms in total. The van der Waals surface area contributed by atoms with Crippen molar-refractivity contribution in [2.45, 2.75) is 86.4 Å². The van der Waals surface area contributed by atoms with Gasteiger partial charge >= 0.3 is 0 Å². The molecule has 0 aliphatic heterocycles. The molecule has 0 amide bonds. The number of aromatic nitrogens is 1. The van der Waals surface area contributed by atoms with Gasteiger partial charge in [0, 0.05) is 32.7 Å². The van der Waals surface area contributed by atoms with Gasteiger partial charge in [-0.25, -0.2) is 0 Å². The number of fused-ring (bicyclic) bond motifs is 6. The maximum absolute atomic E-state index is 9.76. The van der Waals surface area contributed by atoms with Gasteiger partial charge in [0.05, 0.1) is 12.2 Å². The summed E-state index contributed by atoms with van der Waals surface area (Å²) in [6.07, 6.45) is 1.47. The van der Waals surface area contributed by atoms with Crippen molar-refractivity contribution in [2.75, 3.05) is 0 Å². The molecule has 225 valence electrons. The first kappa shape index (κ1) is 33.9. The van der Waals surface area contributed by atoms with Gasteiger partial charge in [-0.2, -0.15) is 0 Å². The van der Waals surface area contributed by atoms with E-state index in [1.165, 1.54) is 37.9 Å². The van der Waals surface area contributed by atoms with Gasteiger partial charge < -0.3 is 15.2 Å². The average molecular weight is 741 g/mol. The van der Waals surface area contributed by atoms with Crippen molar-refractivity contribution in [3.63, 3.8) is 0 Å². The van der Waals surface area contributed by atoms with E-state index >= 15 is 0 Å². The van der Waals surface area contributed by atoms with Crippen LogP contribution in [0.15, 0.2) is 79.0 Å². The van der Waals surface area contributed by atoms with E-state index in [2.05, 4.69) is 105 Å². The minimum atomic E-state index is -0.443. The first-order chi connectivity index (χ1) is 19.1. The molecule has 1 radical (unpaired) electrons. The molecule has 0 saturated heterocycles. The molecule has 2 atom stereocenters. The quantitative estimate of drug-likeness (QED) is 0.143. The molecule has 4 heteroatoms. The number of pyridine rings is 1. The molecule has 0 aliphatic rings. The average Bonchev–Trinajstić information content (AvgIpc) is 2.92. The Hall–Kier alpha value is -2.62. The van der Waals surface area contributed by atoms with Gasteiger partial charge in [0.25, 0.3) is 0 Å². The van der Waals surface area contributed by atoms with Crippen molar-refractivity contribution in [1.29, 1.82) is 0 Å². The maximum Gasteiger partial charge on any atom is 0.0613 e. The van der Waals surface area contributed by atoms with Crippen molar-refractivity contribution in [2.24, 2.45) is 10.8 Å². The van der Waals surface area contributed by atoms with Crippen LogP contribution in [0, 0.1) is 16.9 Å². The summed E-state index contributed by atoms with van der Waals surface area (Å²) in [6.45, 7) is 18.6. The third-order valence-corrected chi connectivity index (χ3v) is 8.02. The Morgan fingerprint density at radius 1 is 0.643 bits per heavy atom. The summed E-state index contributed by atoms with van der Waals surface area (Å²) in [6, 6.07) is 29.5. The zero-order chi connectivity index (χ0) is 30.2. The van der Waals surface area contributed by atoms with E-state index < -0.39 is 12.2 Å². The normalized spacial score (nSPS) is 13.8. The Bertz CT molecular complexity index is 1600. The van der Waals surface area contributed by atoms with Gasteiger partial charge in [0.2, 0.25) is 0 Å². The third-order valence-electron chi connectivity index (χ3n) is 8.02. The van der Waals surface area contributed by atoms with Gasteiger partial charge in [-0.15, -0.1) is 23.8 Å². The molecule has 2 N–H and O–H groups in total. The number of hydrogen-bond acceptors (Lipinski definition) is 3. The Balaban J connectivity index is 0.000000297. The van der Waals surface area contributed by atoms with Gasteiger partial charge in [-0.1, -0.05) is 133 Å². The van der Waals surface area contributed by atoms with Crippen LogP contribution < -0.4 is 0 Å². The van der Waals surface area contributed by atoms with Crippen molar-refractivity contribution in [1.82, 2.24) is 4.98 Å². The second-order valence-corrected chi connectivity index (χ2v) is 14.4. The molecule has 2 unspecified atom stereocenters. The van der Waals surface area contributed by atoms with Crippen LogP contribution in [-0.4, -0.2) is 27.4 Å². The summed E-state index contributed by atoms with van der Waals surface area (Å²) in [5.74, 6) is 0. The zero-order valence-corrected chi connectivity index (χ0v) is 28.9. The molecule has 0 aliphatic carbocycles. The van der Waals surface area contributed by atoms with Crippen LogP contribution >= 0.6 is 0 Å². The largest absolute Gasteiger partial charge is 0.392 e. The molecule has 5 rings (SSSR count). The van der Waals surface area contributed by atoms with Gasteiger partial charge in [0.15, 0.2) is 0 Å². The Morgan fingerprint density at radius 2 is 1.10 bits per heavy atom. The molecule has 0 bridgehead atoms. The first-order valence-corrected chi connectivity index (χ1v) is 14.7. The summed E-state index contributed by atoms with van der Waals surface area (Å²) in [5, 5.41) is 27.1. The summed E-state index contributed by atoms with van der Waals surface area (Å²) in [5.41, 5.74) is 3.11. The minimum Gasteiger partial charge on any atom is -0.392 e. The third kappa shape index (κ3) is 7.66. The Labute approximate surface area is 265 Å². The van der Waals surface area contributed by atoms with Gasteiger partial charge in [-0.3, -0.25) is 0 Å². The fourth-order valence-corrected chi connectivity index (χ4v) is 4.95. The summed E-state index contributed by atoms with van der Waals surface area (Å²) in [7, 11) is 0. The number of rotatable bonds is 3. The van der Waals surface area contributed by atoms with E-state index in [-0.39, 0.29) is 36.4 Å². The van der Waals surface area contributed by atoms with Crippen LogP contribution in [0.4, 0.5) is 0 Å². The molecular weight excluding hydrogens is 695 g/mol. The molecule has 0 spiro atoms. The monoisotopic (exact) mass is 741 g/mol. The Kier molecular flexibility index (Phi) is 10.4. The predicted octanol–water partition coefficient (Wildman–Crippen LogP) is 9.49. The topological polar surface area (TPSA) is 53.4 Å². The smallest absolute Gasteiger partial charge is 0.0613 e. The van der Waals surface area contributed by atoms with Crippen LogP contribution in [-0.2, 0) is 25.5 Å². The number of nitrogens with zero attached hydrogens (tertiary/aromatic N) is 1. The fourth-order valence-electron chi connectivity index (χ4n) is 4.95. The van der Waals surface area contributed by atoms with Crippen molar-refractivity contribution in [3.05, 3.63) is 90.6 Å². The van der Waals surface area contributed by atoms with Crippen LogP contribution in [0.3, 0.4) is 0 Å². The molecule has 1 heterocycles. The molecule has 42 heavy (non-hydrogen) atoms. The molecule has 0 saturated carbocycles. The fraction of sp³-hybridized carbons (Fsp3) is 0.395.